The molecule has 14 nitrogen and oxygen atoms in total. The number of nitrogen functional groups attached to an aromatic ring is 5. The van der Waals surface area contributed by atoms with Crippen molar-refractivity contribution < 1.29 is 30.7 Å². The SMILES string of the molecule is Cc1ccc(Nc2ccc(N)cc2)c(S(=O)(=O)O)c1.Nc1ccc(C(=O)Nc2ccc(S(=O)(=O)O)c(N)c2)cc1.Nc1ccc(N)cc1. The molecule has 14 N–H and O–H groups in total. The van der Waals surface area contributed by atoms with Gasteiger partial charge in [-0.1, -0.05) is 6.07 Å². The molecule has 252 valence electrons. The molecule has 0 aliphatic heterocycles. The smallest absolute Gasteiger partial charge is 0.296 e. The summed E-state index contributed by atoms with van der Waals surface area (Å²) in [4.78, 5) is 11.4. The van der Waals surface area contributed by atoms with Gasteiger partial charge in [0.25, 0.3) is 26.1 Å². The Hall–Kier alpha value is -5.81. The van der Waals surface area contributed by atoms with E-state index < -0.39 is 31.0 Å². The van der Waals surface area contributed by atoms with E-state index in [0.717, 1.165) is 23.0 Å². The zero-order valence-electron chi connectivity index (χ0n) is 25.5. The first kappa shape index (κ1) is 36.7. The molecule has 0 spiro atoms. The number of amides is 1. The van der Waals surface area contributed by atoms with Crippen LogP contribution in [0.2, 0.25) is 0 Å². The fourth-order valence-corrected chi connectivity index (χ4v) is 5.19. The average molecular weight is 694 g/mol. The molecule has 0 bridgehead atoms. The van der Waals surface area contributed by atoms with E-state index in [2.05, 4.69) is 10.6 Å². The minimum absolute atomic E-state index is 0.149. The van der Waals surface area contributed by atoms with Gasteiger partial charge in [0.15, 0.2) is 0 Å². The van der Waals surface area contributed by atoms with Crippen LogP contribution in [0.4, 0.5) is 45.5 Å². The topological polar surface area (TPSA) is 280 Å². The van der Waals surface area contributed by atoms with Crippen LogP contribution in [0.1, 0.15) is 15.9 Å². The number of aryl methyl sites for hydroxylation is 1. The molecule has 16 heteroatoms. The summed E-state index contributed by atoms with van der Waals surface area (Å²) in [7, 11) is -8.66. The molecule has 0 atom stereocenters. The van der Waals surface area contributed by atoms with Gasteiger partial charge in [-0.15, -0.1) is 0 Å². The van der Waals surface area contributed by atoms with Crippen LogP contribution in [-0.2, 0) is 20.2 Å². The number of hydrogen-bond acceptors (Lipinski definition) is 11. The van der Waals surface area contributed by atoms with E-state index in [9.17, 15) is 26.2 Å². The molecular formula is C32H35N7O7S2. The van der Waals surface area contributed by atoms with Crippen molar-refractivity contribution in [2.24, 2.45) is 0 Å². The maximum Gasteiger partial charge on any atom is 0.296 e. The van der Waals surface area contributed by atoms with E-state index in [1.165, 1.54) is 18.2 Å². The molecule has 5 rings (SSSR count). The third-order valence-corrected chi connectivity index (χ3v) is 8.08. The van der Waals surface area contributed by atoms with Crippen molar-refractivity contribution in [2.45, 2.75) is 16.7 Å². The largest absolute Gasteiger partial charge is 0.399 e. The zero-order chi connectivity index (χ0) is 35.6. The second kappa shape index (κ2) is 15.7. The Bertz CT molecular complexity index is 2070. The lowest BCUT2D eigenvalue weighted by molar-refractivity contribution is 0.102. The number of hydrogen-bond donors (Lipinski definition) is 9. The van der Waals surface area contributed by atoms with Crippen LogP contribution in [0, 0.1) is 6.92 Å². The number of benzene rings is 5. The van der Waals surface area contributed by atoms with Crippen LogP contribution in [0.5, 0.6) is 0 Å². The third kappa shape index (κ3) is 11.2. The van der Waals surface area contributed by atoms with Gasteiger partial charge in [-0.25, -0.2) is 0 Å². The molecule has 5 aromatic carbocycles. The summed E-state index contributed by atoms with van der Waals surface area (Å²) >= 11 is 0. The Morgan fingerprint density at radius 1 is 0.562 bits per heavy atom. The number of carbonyl (C=O) groups excluding carboxylic acids is 1. The van der Waals surface area contributed by atoms with Crippen molar-refractivity contribution in [3.63, 3.8) is 0 Å². The molecule has 5 aromatic rings. The molecule has 0 fully saturated rings. The quantitative estimate of drug-likeness (QED) is 0.0857. The second-order valence-corrected chi connectivity index (χ2v) is 13.0. The van der Waals surface area contributed by atoms with Crippen molar-refractivity contribution >= 4 is 71.6 Å². The monoisotopic (exact) mass is 693 g/mol. The Labute approximate surface area is 278 Å². The van der Waals surface area contributed by atoms with Crippen LogP contribution in [0.25, 0.3) is 0 Å². The van der Waals surface area contributed by atoms with Gasteiger partial charge in [0, 0.05) is 39.7 Å². The van der Waals surface area contributed by atoms with E-state index in [0.29, 0.717) is 34.0 Å². The molecule has 0 unspecified atom stereocenters. The zero-order valence-corrected chi connectivity index (χ0v) is 27.2. The Morgan fingerprint density at radius 3 is 1.46 bits per heavy atom. The minimum Gasteiger partial charge on any atom is -0.399 e. The number of nitrogens with two attached hydrogens (primary N) is 5. The highest BCUT2D eigenvalue weighted by molar-refractivity contribution is 7.86. The summed E-state index contributed by atoms with van der Waals surface area (Å²) in [6.45, 7) is 1.75. The summed E-state index contributed by atoms with van der Waals surface area (Å²) in [6.07, 6.45) is 0. The van der Waals surface area contributed by atoms with Crippen LogP contribution in [-0.4, -0.2) is 31.8 Å². The lowest BCUT2D eigenvalue weighted by Crippen LogP contribution is -2.12. The molecule has 0 heterocycles. The van der Waals surface area contributed by atoms with Crippen molar-refractivity contribution in [2.75, 3.05) is 39.3 Å². The van der Waals surface area contributed by atoms with E-state index >= 15 is 0 Å². The highest BCUT2D eigenvalue weighted by Crippen LogP contribution is 2.26. The predicted octanol–water partition coefficient (Wildman–Crippen LogP) is 4.77. The normalized spacial score (nSPS) is 10.8. The van der Waals surface area contributed by atoms with Gasteiger partial charge in [0.2, 0.25) is 0 Å². The van der Waals surface area contributed by atoms with Crippen molar-refractivity contribution in [3.05, 3.63) is 120 Å². The van der Waals surface area contributed by atoms with Crippen LogP contribution in [0.3, 0.4) is 0 Å². The first-order chi connectivity index (χ1) is 22.4. The second-order valence-electron chi connectivity index (χ2n) is 10.2. The van der Waals surface area contributed by atoms with Crippen LogP contribution in [0.15, 0.2) is 119 Å². The van der Waals surface area contributed by atoms with E-state index in [4.69, 9.17) is 33.2 Å². The first-order valence-corrected chi connectivity index (χ1v) is 16.7. The molecule has 0 aliphatic carbocycles. The molecule has 1 amide bonds. The Kier molecular flexibility index (Phi) is 12.0. The average Bonchev–Trinajstić information content (AvgIpc) is 3.00. The van der Waals surface area contributed by atoms with Crippen LogP contribution < -0.4 is 39.3 Å². The van der Waals surface area contributed by atoms with Crippen molar-refractivity contribution in [1.82, 2.24) is 0 Å². The van der Waals surface area contributed by atoms with Gasteiger partial charge in [-0.3, -0.25) is 13.9 Å². The van der Waals surface area contributed by atoms with E-state index in [1.54, 1.807) is 91.9 Å². The molecule has 0 saturated carbocycles. The highest BCUT2D eigenvalue weighted by Gasteiger charge is 2.16. The molecule has 0 aromatic heterocycles. The fourth-order valence-electron chi connectivity index (χ4n) is 3.86. The van der Waals surface area contributed by atoms with Crippen LogP contribution >= 0.6 is 0 Å². The van der Waals surface area contributed by atoms with Gasteiger partial charge in [0.05, 0.1) is 11.4 Å². The standard InChI is InChI=1S/C13H13N3O4S.C13H14N2O3S.C6H8N2/c14-9-3-1-8(2-4-9)13(17)16-10-5-6-12(11(15)7-10)21(18,19)20;1-9-2-7-12(13(8-9)19(16,17)18)15-11-5-3-10(14)4-6-11;7-5-1-2-6(8)4-3-5/h1-7H,14-15H2,(H,16,17)(H,18,19,20);2-8,15H,14H2,1H3,(H,16,17,18);1-4H,7-8H2. The van der Waals surface area contributed by atoms with E-state index in [-0.39, 0.29) is 10.6 Å². The Morgan fingerprint density at radius 2 is 1.00 bits per heavy atom. The fraction of sp³-hybridized carbons (Fsp3) is 0.0312. The number of carbonyl (C=O) groups is 1. The van der Waals surface area contributed by atoms with Crippen molar-refractivity contribution in [1.29, 1.82) is 0 Å². The number of nitrogens with one attached hydrogen (secondary N) is 2. The maximum absolute atomic E-state index is 12.0. The van der Waals surface area contributed by atoms with Gasteiger partial charge in [0.1, 0.15) is 9.79 Å². The number of rotatable bonds is 6. The molecule has 48 heavy (non-hydrogen) atoms. The summed E-state index contributed by atoms with van der Waals surface area (Å²) in [5.74, 6) is -0.394. The molecule has 0 saturated heterocycles. The Balaban J connectivity index is 0.000000213. The summed E-state index contributed by atoms with van der Waals surface area (Å²) in [5, 5.41) is 5.50. The molecule has 0 aliphatic rings. The molecular weight excluding hydrogens is 659 g/mol. The van der Waals surface area contributed by atoms with Gasteiger partial charge in [-0.05, 0) is 116 Å². The lowest BCUT2D eigenvalue weighted by Gasteiger charge is -2.11. The first-order valence-electron chi connectivity index (χ1n) is 13.8. The summed E-state index contributed by atoms with van der Waals surface area (Å²) < 4.78 is 62.9. The summed E-state index contributed by atoms with van der Waals surface area (Å²) in [5.41, 5.74) is 32.3. The van der Waals surface area contributed by atoms with E-state index in [1.807, 2.05) is 0 Å². The minimum atomic E-state index is -4.39. The predicted molar refractivity (Wildman–Crippen MR) is 190 cm³/mol. The van der Waals surface area contributed by atoms with Gasteiger partial charge in [-0.2, -0.15) is 16.8 Å². The summed E-state index contributed by atoms with van der Waals surface area (Å²) in [6, 6.07) is 28.7. The maximum atomic E-state index is 12.0. The lowest BCUT2D eigenvalue weighted by atomic mass is 10.2. The molecule has 0 radical (unpaired) electrons. The number of anilines is 8. The van der Waals surface area contributed by atoms with Gasteiger partial charge >= 0.3 is 0 Å². The van der Waals surface area contributed by atoms with Crippen molar-refractivity contribution in [3.8, 4) is 0 Å². The van der Waals surface area contributed by atoms with Gasteiger partial charge < -0.3 is 39.3 Å². The third-order valence-electron chi connectivity index (χ3n) is 6.26. The highest BCUT2D eigenvalue weighted by atomic mass is 32.2.